The number of nitrogens with one attached hydrogen (secondary N) is 2. The van der Waals surface area contributed by atoms with Crippen molar-refractivity contribution in [3.05, 3.63) is 24.3 Å². The first-order valence-corrected chi connectivity index (χ1v) is 12.6. The van der Waals surface area contributed by atoms with Crippen molar-refractivity contribution in [2.75, 3.05) is 25.0 Å². The summed E-state index contributed by atoms with van der Waals surface area (Å²) in [5, 5.41) is 5.32. The smallest absolute Gasteiger partial charge is 0.325 e. The highest BCUT2D eigenvalue weighted by Crippen LogP contribution is 2.24. The Hall–Kier alpha value is -2.46. The minimum Gasteiger partial charge on any atom is -0.325 e. The molecule has 1 aromatic rings. The van der Waals surface area contributed by atoms with Gasteiger partial charge in [-0.2, -0.15) is 4.31 Å². The van der Waals surface area contributed by atoms with Crippen molar-refractivity contribution in [2.24, 2.45) is 0 Å². The van der Waals surface area contributed by atoms with Gasteiger partial charge in [-0.05, 0) is 37.6 Å². The Morgan fingerprint density at radius 3 is 2.25 bits per heavy atom. The van der Waals surface area contributed by atoms with Gasteiger partial charge in [0.2, 0.25) is 15.9 Å². The van der Waals surface area contributed by atoms with Crippen molar-refractivity contribution >= 4 is 33.6 Å². The van der Waals surface area contributed by atoms with E-state index in [-0.39, 0.29) is 4.90 Å². The molecule has 2 N–H and O–H groups in total. The van der Waals surface area contributed by atoms with E-state index in [1.807, 2.05) is 0 Å². The molecule has 1 aliphatic rings. The van der Waals surface area contributed by atoms with Crippen LogP contribution in [0.5, 0.6) is 0 Å². The number of amides is 4. The normalized spacial score (nSPS) is 18.8. The molecule has 0 saturated carbocycles. The van der Waals surface area contributed by atoms with Crippen molar-refractivity contribution in [1.82, 2.24) is 14.5 Å². The monoisotopic (exact) mass is 466 g/mol. The van der Waals surface area contributed by atoms with Crippen molar-refractivity contribution in [3.63, 3.8) is 0 Å². The van der Waals surface area contributed by atoms with E-state index >= 15 is 0 Å². The molecule has 1 aromatic carbocycles. The molecule has 1 heterocycles. The lowest BCUT2D eigenvalue weighted by Crippen LogP contribution is -2.44. The number of unbranched alkanes of at least 4 members (excludes halogenated alkanes) is 3. The molecule has 0 aromatic heterocycles. The van der Waals surface area contributed by atoms with E-state index in [4.69, 9.17) is 0 Å². The maximum Gasteiger partial charge on any atom is 0.325 e. The summed E-state index contributed by atoms with van der Waals surface area (Å²) in [5.41, 5.74) is -0.617. The van der Waals surface area contributed by atoms with E-state index in [2.05, 4.69) is 17.6 Å². The predicted octanol–water partition coefficient (Wildman–Crippen LogP) is 2.94. The fourth-order valence-corrected chi connectivity index (χ4v) is 5.19. The van der Waals surface area contributed by atoms with Crippen LogP contribution in [0.4, 0.5) is 10.5 Å². The summed E-state index contributed by atoms with van der Waals surface area (Å²) in [7, 11) is -3.59. The molecule has 32 heavy (non-hydrogen) atoms. The summed E-state index contributed by atoms with van der Waals surface area (Å²) >= 11 is 0. The minimum atomic E-state index is -3.59. The van der Waals surface area contributed by atoms with E-state index in [1.165, 1.54) is 28.6 Å². The highest BCUT2D eigenvalue weighted by molar-refractivity contribution is 7.89. The second kappa shape index (κ2) is 10.9. The van der Waals surface area contributed by atoms with Crippen LogP contribution < -0.4 is 10.6 Å². The van der Waals surface area contributed by atoms with E-state index in [9.17, 15) is 22.8 Å². The molecule has 10 heteroatoms. The van der Waals surface area contributed by atoms with Crippen LogP contribution in [-0.4, -0.2) is 60.6 Å². The Morgan fingerprint density at radius 2 is 1.69 bits per heavy atom. The lowest BCUT2D eigenvalue weighted by molar-refractivity contribution is -0.133. The topological polar surface area (TPSA) is 116 Å². The van der Waals surface area contributed by atoms with Gasteiger partial charge in [0.15, 0.2) is 0 Å². The third-order valence-electron chi connectivity index (χ3n) is 5.66. The summed E-state index contributed by atoms with van der Waals surface area (Å²) in [6.07, 6.45) is 4.47. The van der Waals surface area contributed by atoms with Gasteiger partial charge in [-0.25, -0.2) is 13.2 Å². The number of carbonyl (C=O) groups is 3. The second-order valence-electron chi connectivity index (χ2n) is 8.13. The Labute approximate surface area is 190 Å². The number of rotatable bonds is 12. The summed E-state index contributed by atoms with van der Waals surface area (Å²) in [6.45, 7) is 7.63. The zero-order valence-corrected chi connectivity index (χ0v) is 20.1. The zero-order valence-electron chi connectivity index (χ0n) is 19.3. The number of hydrogen-bond acceptors (Lipinski definition) is 5. The van der Waals surface area contributed by atoms with Gasteiger partial charge in [-0.3, -0.25) is 14.5 Å². The molecule has 9 nitrogen and oxygen atoms in total. The minimum absolute atomic E-state index is 0.132. The van der Waals surface area contributed by atoms with Crippen LogP contribution in [0.1, 0.15) is 59.8 Å². The van der Waals surface area contributed by atoms with E-state index < -0.39 is 40.0 Å². The van der Waals surface area contributed by atoms with Crippen molar-refractivity contribution < 1.29 is 22.8 Å². The van der Waals surface area contributed by atoms with Crippen LogP contribution in [0.3, 0.4) is 0 Å². The van der Waals surface area contributed by atoms with Crippen LogP contribution in [0, 0.1) is 0 Å². The van der Waals surface area contributed by atoms with Crippen LogP contribution in [0.15, 0.2) is 29.2 Å². The van der Waals surface area contributed by atoms with Crippen LogP contribution in [0.25, 0.3) is 0 Å². The van der Waals surface area contributed by atoms with E-state index in [0.717, 1.165) is 30.6 Å². The van der Waals surface area contributed by atoms with Gasteiger partial charge in [-0.1, -0.05) is 46.5 Å². The van der Waals surface area contributed by atoms with E-state index in [1.54, 1.807) is 20.8 Å². The molecule has 4 amide bonds. The fourth-order valence-electron chi connectivity index (χ4n) is 3.73. The Morgan fingerprint density at radius 1 is 1.06 bits per heavy atom. The average molecular weight is 467 g/mol. The molecule has 0 spiro atoms. The first-order valence-electron chi connectivity index (χ1n) is 11.1. The molecule has 0 aliphatic carbocycles. The molecule has 1 unspecified atom stereocenters. The molecule has 1 aliphatic heterocycles. The van der Waals surface area contributed by atoms with Gasteiger partial charge in [0.05, 0.1) is 4.90 Å². The predicted molar refractivity (Wildman–Crippen MR) is 123 cm³/mol. The van der Waals surface area contributed by atoms with Gasteiger partial charge >= 0.3 is 6.03 Å². The van der Waals surface area contributed by atoms with Gasteiger partial charge in [-0.15, -0.1) is 0 Å². The maximum absolute atomic E-state index is 12.8. The molecule has 0 radical (unpaired) electrons. The van der Waals surface area contributed by atoms with E-state index in [0.29, 0.717) is 25.2 Å². The molecular weight excluding hydrogens is 432 g/mol. The van der Waals surface area contributed by atoms with Crippen molar-refractivity contribution in [2.45, 2.75) is 70.2 Å². The zero-order chi connectivity index (χ0) is 23.9. The molecule has 178 valence electrons. The number of sulfonamides is 1. The first-order chi connectivity index (χ1) is 15.1. The van der Waals surface area contributed by atoms with Crippen LogP contribution in [-0.2, 0) is 19.6 Å². The van der Waals surface area contributed by atoms with Gasteiger partial charge in [0.1, 0.15) is 12.1 Å². The number of hydrogen-bond donors (Lipinski definition) is 2. The lowest BCUT2D eigenvalue weighted by Gasteiger charge is -2.21. The molecular formula is C22H34N4O5S. The third-order valence-corrected chi connectivity index (χ3v) is 7.72. The Bertz CT molecular complexity index is 928. The highest BCUT2D eigenvalue weighted by atomic mass is 32.2. The van der Waals surface area contributed by atoms with Crippen molar-refractivity contribution in [1.29, 1.82) is 0 Å². The number of carbonyl (C=O) groups excluding carboxylic acids is 3. The van der Waals surface area contributed by atoms with Crippen molar-refractivity contribution in [3.8, 4) is 0 Å². The SMILES string of the molecule is CCCCCCC1(C)NC(=O)N(CC(=O)Nc2ccc(S(=O)(=O)N(CC)CC)cc2)C1=O. The van der Waals surface area contributed by atoms with Gasteiger partial charge in [0.25, 0.3) is 5.91 Å². The molecule has 1 fully saturated rings. The second-order valence-corrected chi connectivity index (χ2v) is 10.1. The number of benzene rings is 1. The highest BCUT2D eigenvalue weighted by Gasteiger charge is 2.47. The summed E-state index contributed by atoms with van der Waals surface area (Å²) in [4.78, 5) is 38.5. The first kappa shape index (κ1) is 25.8. The molecule has 2 rings (SSSR count). The van der Waals surface area contributed by atoms with Gasteiger partial charge < -0.3 is 10.6 Å². The maximum atomic E-state index is 12.8. The standard InChI is InChI=1S/C22H34N4O5S/c1-5-8-9-10-15-22(4)20(28)26(21(29)24-22)16-19(27)23-17-11-13-18(14-12-17)32(30,31)25(6-2)7-3/h11-14H,5-10,15-16H2,1-4H3,(H,23,27)(H,24,29). The largest absolute Gasteiger partial charge is 0.325 e. The fraction of sp³-hybridized carbons (Fsp3) is 0.591. The van der Waals surface area contributed by atoms with Gasteiger partial charge in [0, 0.05) is 18.8 Å². The summed E-state index contributed by atoms with van der Waals surface area (Å²) < 4.78 is 26.4. The molecule has 0 bridgehead atoms. The quantitative estimate of drug-likeness (QED) is 0.363. The number of anilines is 1. The average Bonchev–Trinajstić information content (AvgIpc) is 2.95. The third kappa shape index (κ3) is 5.86. The summed E-state index contributed by atoms with van der Waals surface area (Å²) in [6, 6.07) is 5.23. The molecule has 1 atom stereocenters. The van der Waals surface area contributed by atoms with Crippen LogP contribution in [0.2, 0.25) is 0 Å². The molecule has 1 saturated heterocycles. The number of nitrogens with zero attached hydrogens (tertiary/aromatic N) is 2. The summed E-state index contributed by atoms with van der Waals surface area (Å²) in [5.74, 6) is -0.946. The number of imide groups is 1. The van der Waals surface area contributed by atoms with Crippen LogP contribution >= 0.6 is 0 Å². The number of urea groups is 1. The lowest BCUT2D eigenvalue weighted by atomic mass is 9.94. The Kier molecular flexibility index (Phi) is 8.80. The Balaban J connectivity index is 1.99.